The van der Waals surface area contributed by atoms with E-state index in [0.29, 0.717) is 6.61 Å². The summed E-state index contributed by atoms with van der Waals surface area (Å²) in [5, 5.41) is 0. The molecule has 1 aromatic rings. The first-order chi connectivity index (χ1) is 7.76. The molecule has 84 valence electrons. The van der Waals surface area contributed by atoms with E-state index in [1.807, 2.05) is 24.3 Å². The van der Waals surface area contributed by atoms with E-state index >= 15 is 0 Å². The molecule has 0 aliphatic rings. The van der Waals surface area contributed by atoms with Crippen molar-refractivity contribution in [2.75, 3.05) is 6.61 Å². The summed E-state index contributed by atoms with van der Waals surface area (Å²) in [5.41, 5.74) is 2.14. The Balaban J connectivity index is 2.64. The summed E-state index contributed by atoms with van der Waals surface area (Å²) < 4.78 is 4.71. The fourth-order valence-corrected chi connectivity index (χ4v) is 1.33. The van der Waals surface area contributed by atoms with Crippen molar-refractivity contribution in [1.29, 1.82) is 0 Å². The molecule has 0 fully saturated rings. The molecule has 0 spiro atoms. The molecule has 0 saturated heterocycles. The van der Waals surface area contributed by atoms with Crippen LogP contribution in [0.5, 0.6) is 0 Å². The SMILES string of the molecule is CCCc1ccc(C#CC(=O)OCC)cc1. The zero-order valence-electron chi connectivity index (χ0n) is 9.75. The average Bonchev–Trinajstić information content (AvgIpc) is 2.29. The number of hydrogen-bond acceptors (Lipinski definition) is 2. The van der Waals surface area contributed by atoms with Crippen LogP contribution < -0.4 is 0 Å². The molecule has 0 atom stereocenters. The van der Waals surface area contributed by atoms with Gasteiger partial charge in [-0.2, -0.15) is 0 Å². The summed E-state index contributed by atoms with van der Waals surface area (Å²) in [6.07, 6.45) is 2.21. The Hall–Kier alpha value is -1.75. The van der Waals surface area contributed by atoms with Crippen LogP contribution in [0.15, 0.2) is 24.3 Å². The smallest absolute Gasteiger partial charge is 0.384 e. The van der Waals surface area contributed by atoms with Crippen LogP contribution in [-0.2, 0) is 16.0 Å². The topological polar surface area (TPSA) is 26.3 Å². The lowest BCUT2D eigenvalue weighted by atomic mass is 10.1. The van der Waals surface area contributed by atoms with Crippen molar-refractivity contribution in [2.24, 2.45) is 0 Å². The number of ether oxygens (including phenoxy) is 1. The average molecular weight is 216 g/mol. The maximum absolute atomic E-state index is 11.0. The van der Waals surface area contributed by atoms with Crippen molar-refractivity contribution >= 4 is 5.97 Å². The number of carbonyl (C=O) groups excluding carboxylic acids is 1. The Morgan fingerprint density at radius 2 is 1.94 bits per heavy atom. The predicted molar refractivity (Wildman–Crippen MR) is 63.9 cm³/mol. The third-order valence-corrected chi connectivity index (χ3v) is 2.08. The van der Waals surface area contributed by atoms with Crippen LogP contribution in [0.25, 0.3) is 0 Å². The van der Waals surface area contributed by atoms with E-state index in [2.05, 4.69) is 18.8 Å². The number of hydrogen-bond donors (Lipinski definition) is 0. The zero-order valence-corrected chi connectivity index (χ0v) is 9.75. The van der Waals surface area contributed by atoms with E-state index in [1.54, 1.807) is 6.92 Å². The summed E-state index contributed by atoms with van der Waals surface area (Å²) in [5.74, 6) is 4.74. The van der Waals surface area contributed by atoms with E-state index in [9.17, 15) is 4.79 Å². The number of rotatable bonds is 3. The quantitative estimate of drug-likeness (QED) is 0.573. The van der Waals surface area contributed by atoms with E-state index in [1.165, 1.54) is 5.56 Å². The van der Waals surface area contributed by atoms with Crippen LogP contribution >= 0.6 is 0 Å². The Labute approximate surface area is 96.6 Å². The monoisotopic (exact) mass is 216 g/mol. The number of esters is 1. The molecule has 16 heavy (non-hydrogen) atoms. The van der Waals surface area contributed by atoms with Gasteiger partial charge in [-0.3, -0.25) is 0 Å². The first kappa shape index (κ1) is 12.3. The van der Waals surface area contributed by atoms with Gasteiger partial charge in [0.15, 0.2) is 0 Å². The highest BCUT2D eigenvalue weighted by molar-refractivity contribution is 5.89. The van der Waals surface area contributed by atoms with Gasteiger partial charge in [-0.1, -0.05) is 31.4 Å². The van der Waals surface area contributed by atoms with Crippen LogP contribution in [0.4, 0.5) is 0 Å². The summed E-state index contributed by atoms with van der Waals surface area (Å²) in [7, 11) is 0. The van der Waals surface area contributed by atoms with Crippen LogP contribution in [0.3, 0.4) is 0 Å². The van der Waals surface area contributed by atoms with Gasteiger partial charge in [-0.15, -0.1) is 0 Å². The highest BCUT2D eigenvalue weighted by atomic mass is 16.5. The summed E-state index contributed by atoms with van der Waals surface area (Å²) in [4.78, 5) is 11.0. The maximum Gasteiger partial charge on any atom is 0.384 e. The summed E-state index contributed by atoms with van der Waals surface area (Å²) in [6.45, 7) is 4.27. The molecule has 0 N–H and O–H groups in total. The standard InChI is InChI=1S/C14H16O2/c1-3-5-12-6-8-13(9-7-12)10-11-14(15)16-4-2/h6-9H,3-5H2,1-2H3. The Morgan fingerprint density at radius 1 is 1.25 bits per heavy atom. The third-order valence-electron chi connectivity index (χ3n) is 2.08. The molecule has 0 amide bonds. The Kier molecular flexibility index (Phi) is 5.15. The molecule has 0 unspecified atom stereocenters. The van der Waals surface area contributed by atoms with Crippen LogP contribution in [0, 0.1) is 11.8 Å². The third kappa shape index (κ3) is 4.18. The van der Waals surface area contributed by atoms with Crippen LogP contribution in [0.2, 0.25) is 0 Å². The van der Waals surface area contributed by atoms with Gasteiger partial charge in [0.25, 0.3) is 0 Å². The van der Waals surface area contributed by atoms with Crippen molar-refractivity contribution in [3.05, 3.63) is 35.4 Å². The number of benzene rings is 1. The predicted octanol–water partition coefficient (Wildman–Crippen LogP) is 2.55. The largest absolute Gasteiger partial charge is 0.456 e. The molecule has 0 bridgehead atoms. The Bertz CT molecular complexity index is 393. The number of carbonyl (C=O) groups is 1. The second kappa shape index (κ2) is 6.68. The van der Waals surface area contributed by atoms with E-state index in [-0.39, 0.29) is 0 Å². The molecule has 0 heterocycles. The van der Waals surface area contributed by atoms with Crippen molar-refractivity contribution in [2.45, 2.75) is 26.7 Å². The lowest BCUT2D eigenvalue weighted by molar-refractivity contribution is -0.136. The fraction of sp³-hybridized carbons (Fsp3) is 0.357. The van der Waals surface area contributed by atoms with Crippen molar-refractivity contribution < 1.29 is 9.53 Å². The molecule has 0 aromatic heterocycles. The van der Waals surface area contributed by atoms with Gasteiger partial charge in [-0.25, -0.2) is 4.79 Å². The van der Waals surface area contributed by atoms with Crippen molar-refractivity contribution in [3.63, 3.8) is 0 Å². The molecule has 0 aliphatic carbocycles. The van der Waals surface area contributed by atoms with E-state index in [0.717, 1.165) is 18.4 Å². The Morgan fingerprint density at radius 3 is 2.50 bits per heavy atom. The maximum atomic E-state index is 11.0. The fourth-order valence-electron chi connectivity index (χ4n) is 1.33. The highest BCUT2D eigenvalue weighted by Gasteiger charge is 1.94. The molecule has 1 rings (SSSR count). The lowest BCUT2D eigenvalue weighted by Gasteiger charge is -1.97. The lowest BCUT2D eigenvalue weighted by Crippen LogP contribution is -1.99. The minimum atomic E-state index is -0.472. The number of aryl methyl sites for hydroxylation is 1. The van der Waals surface area contributed by atoms with Gasteiger partial charge in [0.1, 0.15) is 0 Å². The second-order valence-electron chi connectivity index (χ2n) is 3.42. The minimum absolute atomic E-state index is 0.364. The molecule has 0 aliphatic heterocycles. The first-order valence-corrected chi connectivity index (χ1v) is 5.54. The van der Waals surface area contributed by atoms with Crippen LogP contribution in [0.1, 0.15) is 31.4 Å². The second-order valence-corrected chi connectivity index (χ2v) is 3.42. The molecule has 0 radical (unpaired) electrons. The van der Waals surface area contributed by atoms with Gasteiger partial charge in [0, 0.05) is 11.5 Å². The van der Waals surface area contributed by atoms with E-state index in [4.69, 9.17) is 4.74 Å². The van der Waals surface area contributed by atoms with Gasteiger partial charge in [0.05, 0.1) is 6.61 Å². The zero-order chi connectivity index (χ0) is 11.8. The summed E-state index contributed by atoms with van der Waals surface area (Å²) in [6, 6.07) is 7.94. The van der Waals surface area contributed by atoms with Crippen molar-refractivity contribution in [1.82, 2.24) is 0 Å². The van der Waals surface area contributed by atoms with Gasteiger partial charge in [0.2, 0.25) is 0 Å². The van der Waals surface area contributed by atoms with Gasteiger partial charge >= 0.3 is 5.97 Å². The minimum Gasteiger partial charge on any atom is -0.456 e. The molecular weight excluding hydrogens is 200 g/mol. The normalized spacial score (nSPS) is 9.12. The van der Waals surface area contributed by atoms with Gasteiger partial charge in [-0.05, 0) is 31.0 Å². The van der Waals surface area contributed by atoms with Crippen LogP contribution in [-0.4, -0.2) is 12.6 Å². The van der Waals surface area contributed by atoms with E-state index < -0.39 is 5.97 Å². The highest BCUT2D eigenvalue weighted by Crippen LogP contribution is 2.05. The van der Waals surface area contributed by atoms with Crippen molar-refractivity contribution in [3.8, 4) is 11.8 Å². The molecule has 1 aromatic carbocycles. The molecular formula is C14H16O2. The molecule has 0 saturated carbocycles. The summed E-state index contributed by atoms with van der Waals surface area (Å²) >= 11 is 0. The first-order valence-electron chi connectivity index (χ1n) is 5.54. The molecule has 2 nitrogen and oxygen atoms in total. The van der Waals surface area contributed by atoms with Gasteiger partial charge < -0.3 is 4.74 Å². The molecule has 2 heteroatoms.